The number of hydrogen-bond acceptors (Lipinski definition) is 5. The van der Waals surface area contributed by atoms with E-state index < -0.39 is 0 Å². The van der Waals surface area contributed by atoms with Crippen LogP contribution in [0.4, 0.5) is 11.4 Å². The third-order valence-corrected chi connectivity index (χ3v) is 2.67. The summed E-state index contributed by atoms with van der Waals surface area (Å²) in [6.07, 6.45) is 0. The standard InChI is InChI=1S/C13H14N4O/c1-9-5-11(16-18-9)8-17(2)12-4-3-10(7-14)13(15)6-12/h3-6H,8,15H2,1-2H3. The Morgan fingerprint density at radius 3 is 2.78 bits per heavy atom. The number of nitrogens with two attached hydrogens (primary N) is 1. The third-order valence-electron chi connectivity index (χ3n) is 2.67. The lowest BCUT2D eigenvalue weighted by molar-refractivity contribution is 0.390. The van der Waals surface area contributed by atoms with E-state index in [-0.39, 0.29) is 0 Å². The summed E-state index contributed by atoms with van der Waals surface area (Å²) in [5, 5.41) is 12.8. The Labute approximate surface area is 105 Å². The Kier molecular flexibility index (Phi) is 3.20. The number of hydrogen-bond donors (Lipinski definition) is 1. The van der Waals surface area contributed by atoms with E-state index in [4.69, 9.17) is 15.5 Å². The van der Waals surface area contributed by atoms with Gasteiger partial charge in [0.05, 0.1) is 17.8 Å². The summed E-state index contributed by atoms with van der Waals surface area (Å²) in [4.78, 5) is 1.99. The van der Waals surface area contributed by atoms with Crippen molar-refractivity contribution in [3.63, 3.8) is 0 Å². The molecule has 18 heavy (non-hydrogen) atoms. The van der Waals surface area contributed by atoms with Gasteiger partial charge >= 0.3 is 0 Å². The van der Waals surface area contributed by atoms with E-state index in [2.05, 4.69) is 5.16 Å². The molecule has 0 saturated carbocycles. The van der Waals surface area contributed by atoms with Crippen LogP contribution in [0.2, 0.25) is 0 Å². The third kappa shape index (κ3) is 2.43. The van der Waals surface area contributed by atoms with E-state index in [1.165, 1.54) is 0 Å². The molecule has 0 radical (unpaired) electrons. The first-order valence-corrected chi connectivity index (χ1v) is 5.53. The normalized spacial score (nSPS) is 10.1. The zero-order chi connectivity index (χ0) is 13.1. The largest absolute Gasteiger partial charge is 0.398 e. The second kappa shape index (κ2) is 4.80. The van der Waals surface area contributed by atoms with Crippen molar-refractivity contribution in [3.05, 3.63) is 41.3 Å². The van der Waals surface area contributed by atoms with E-state index in [1.807, 2.05) is 37.1 Å². The predicted octanol–water partition coefficient (Wildman–Crippen LogP) is 2.07. The number of rotatable bonds is 3. The van der Waals surface area contributed by atoms with Gasteiger partial charge in [-0.05, 0) is 25.1 Å². The maximum Gasteiger partial charge on any atom is 0.133 e. The zero-order valence-corrected chi connectivity index (χ0v) is 10.3. The van der Waals surface area contributed by atoms with Crippen molar-refractivity contribution in [2.24, 2.45) is 0 Å². The molecule has 0 unspecified atom stereocenters. The van der Waals surface area contributed by atoms with Gasteiger partial charge in [0, 0.05) is 18.8 Å². The van der Waals surface area contributed by atoms with Crippen LogP contribution in [-0.4, -0.2) is 12.2 Å². The van der Waals surface area contributed by atoms with Crippen molar-refractivity contribution in [3.8, 4) is 6.07 Å². The molecule has 92 valence electrons. The van der Waals surface area contributed by atoms with Crippen LogP contribution in [0.3, 0.4) is 0 Å². The van der Waals surface area contributed by atoms with E-state index in [0.29, 0.717) is 17.8 Å². The number of nitrogens with zero attached hydrogens (tertiary/aromatic N) is 3. The number of benzene rings is 1. The molecule has 5 nitrogen and oxygen atoms in total. The number of nitriles is 1. The molecule has 0 atom stereocenters. The molecule has 5 heteroatoms. The minimum Gasteiger partial charge on any atom is -0.398 e. The molecule has 2 N–H and O–H groups in total. The fourth-order valence-corrected chi connectivity index (χ4v) is 1.72. The summed E-state index contributed by atoms with van der Waals surface area (Å²) in [7, 11) is 1.94. The molecule has 0 fully saturated rings. The van der Waals surface area contributed by atoms with Gasteiger partial charge in [-0.2, -0.15) is 5.26 Å². The first-order valence-electron chi connectivity index (χ1n) is 5.53. The highest BCUT2D eigenvalue weighted by molar-refractivity contribution is 5.63. The fraction of sp³-hybridized carbons (Fsp3) is 0.231. The van der Waals surface area contributed by atoms with Gasteiger partial charge in [-0.25, -0.2) is 0 Å². The van der Waals surface area contributed by atoms with Crippen molar-refractivity contribution in [1.29, 1.82) is 5.26 Å². The van der Waals surface area contributed by atoms with Crippen LogP contribution in [0.1, 0.15) is 17.0 Å². The summed E-state index contributed by atoms with van der Waals surface area (Å²) < 4.78 is 5.02. The number of anilines is 2. The first kappa shape index (κ1) is 12.0. The Bertz CT molecular complexity index is 597. The maximum atomic E-state index is 8.82. The van der Waals surface area contributed by atoms with Gasteiger partial charge in [-0.3, -0.25) is 0 Å². The van der Waals surface area contributed by atoms with Crippen LogP contribution in [0, 0.1) is 18.3 Å². The van der Waals surface area contributed by atoms with Gasteiger partial charge in [-0.1, -0.05) is 5.16 Å². The Morgan fingerprint density at radius 2 is 2.22 bits per heavy atom. The van der Waals surface area contributed by atoms with Crippen molar-refractivity contribution < 1.29 is 4.52 Å². The van der Waals surface area contributed by atoms with Crippen LogP contribution >= 0.6 is 0 Å². The number of aryl methyl sites for hydroxylation is 1. The van der Waals surface area contributed by atoms with E-state index in [1.54, 1.807) is 12.1 Å². The highest BCUT2D eigenvalue weighted by Crippen LogP contribution is 2.21. The average Bonchev–Trinajstić information content (AvgIpc) is 2.74. The minimum atomic E-state index is 0.484. The summed E-state index contributed by atoms with van der Waals surface area (Å²) >= 11 is 0. The summed E-state index contributed by atoms with van der Waals surface area (Å²) in [5.41, 5.74) is 8.55. The minimum absolute atomic E-state index is 0.484. The van der Waals surface area contributed by atoms with Crippen molar-refractivity contribution in [1.82, 2.24) is 5.16 Å². The quantitative estimate of drug-likeness (QED) is 0.833. The molecule has 1 aromatic heterocycles. The van der Waals surface area contributed by atoms with Crippen LogP contribution in [-0.2, 0) is 6.54 Å². The molecule has 0 saturated heterocycles. The van der Waals surface area contributed by atoms with Crippen LogP contribution in [0.5, 0.6) is 0 Å². The molecule has 2 rings (SSSR count). The molecule has 2 aromatic rings. The van der Waals surface area contributed by atoms with Crippen LogP contribution in [0.15, 0.2) is 28.8 Å². The van der Waals surface area contributed by atoms with Gasteiger partial charge in [0.15, 0.2) is 0 Å². The van der Waals surface area contributed by atoms with Crippen LogP contribution in [0.25, 0.3) is 0 Å². The SMILES string of the molecule is Cc1cc(CN(C)c2ccc(C#N)c(N)c2)no1. The van der Waals surface area contributed by atoms with E-state index >= 15 is 0 Å². The second-order valence-electron chi connectivity index (χ2n) is 4.17. The lowest BCUT2D eigenvalue weighted by Gasteiger charge is -2.18. The molecule has 1 heterocycles. The average molecular weight is 242 g/mol. The molecule has 0 aliphatic carbocycles. The number of aromatic nitrogens is 1. The molecule has 0 bridgehead atoms. The number of nitrogen functional groups attached to an aromatic ring is 1. The van der Waals surface area contributed by atoms with Crippen molar-refractivity contribution in [2.45, 2.75) is 13.5 Å². The van der Waals surface area contributed by atoms with E-state index in [0.717, 1.165) is 17.1 Å². The Balaban J connectivity index is 2.16. The molecule has 0 amide bonds. The molecular weight excluding hydrogens is 228 g/mol. The molecule has 0 aliphatic rings. The molecular formula is C13H14N4O. The van der Waals surface area contributed by atoms with Gasteiger partial charge in [0.25, 0.3) is 0 Å². The van der Waals surface area contributed by atoms with Crippen molar-refractivity contribution in [2.75, 3.05) is 17.7 Å². The first-order chi connectivity index (χ1) is 8.60. The van der Waals surface area contributed by atoms with Gasteiger partial charge in [0.2, 0.25) is 0 Å². The highest BCUT2D eigenvalue weighted by Gasteiger charge is 2.07. The fourth-order valence-electron chi connectivity index (χ4n) is 1.72. The van der Waals surface area contributed by atoms with Gasteiger partial charge in [0.1, 0.15) is 17.5 Å². The van der Waals surface area contributed by atoms with Gasteiger partial charge in [-0.15, -0.1) is 0 Å². The van der Waals surface area contributed by atoms with Crippen LogP contribution < -0.4 is 10.6 Å². The zero-order valence-electron chi connectivity index (χ0n) is 10.3. The smallest absolute Gasteiger partial charge is 0.133 e. The maximum absolute atomic E-state index is 8.82. The predicted molar refractivity (Wildman–Crippen MR) is 68.9 cm³/mol. The summed E-state index contributed by atoms with van der Waals surface area (Å²) in [5.74, 6) is 0.790. The summed E-state index contributed by atoms with van der Waals surface area (Å²) in [6.45, 7) is 2.49. The second-order valence-corrected chi connectivity index (χ2v) is 4.17. The monoisotopic (exact) mass is 242 g/mol. The summed E-state index contributed by atoms with van der Waals surface area (Å²) in [6, 6.07) is 9.30. The topological polar surface area (TPSA) is 79.1 Å². The lowest BCUT2D eigenvalue weighted by Crippen LogP contribution is -2.16. The Hall–Kier alpha value is -2.48. The van der Waals surface area contributed by atoms with Gasteiger partial charge < -0.3 is 15.2 Å². The highest BCUT2D eigenvalue weighted by atomic mass is 16.5. The van der Waals surface area contributed by atoms with E-state index in [9.17, 15) is 0 Å². The molecule has 0 spiro atoms. The Morgan fingerprint density at radius 1 is 1.44 bits per heavy atom. The van der Waals surface area contributed by atoms with Crippen molar-refractivity contribution >= 4 is 11.4 Å². The molecule has 1 aromatic carbocycles. The lowest BCUT2D eigenvalue weighted by atomic mass is 10.1. The molecule has 0 aliphatic heterocycles.